The molecule has 1 atom stereocenters. The molecule has 1 aromatic carbocycles. The lowest BCUT2D eigenvalue weighted by Crippen LogP contribution is -2.41. The topological polar surface area (TPSA) is 66.8 Å². The number of rotatable bonds is 3. The van der Waals surface area contributed by atoms with Crippen molar-refractivity contribution >= 4 is 39.6 Å². The molecular weight excluding hydrogens is 334 g/mol. The van der Waals surface area contributed by atoms with Crippen LogP contribution in [-0.4, -0.2) is 46.7 Å². The number of carboxylic acid groups (broad SMARTS) is 1. The van der Waals surface area contributed by atoms with Crippen molar-refractivity contribution in [1.82, 2.24) is 4.90 Å². The van der Waals surface area contributed by atoms with Crippen molar-refractivity contribution in [3.8, 4) is 5.75 Å². The van der Waals surface area contributed by atoms with Crippen LogP contribution < -0.4 is 4.74 Å². The van der Waals surface area contributed by atoms with Crippen molar-refractivity contribution in [2.24, 2.45) is 0 Å². The monoisotopic (exact) mass is 345 g/mol. The number of aliphatic carboxylic acids is 1. The first-order valence-electron chi connectivity index (χ1n) is 5.49. The molecule has 102 valence electrons. The maximum absolute atomic E-state index is 12.3. The summed E-state index contributed by atoms with van der Waals surface area (Å²) in [5.41, 5.74) is 0.446. The van der Waals surface area contributed by atoms with Crippen LogP contribution in [0.1, 0.15) is 10.4 Å². The maximum Gasteiger partial charge on any atom is 0.327 e. The van der Waals surface area contributed by atoms with Crippen LogP contribution in [0.3, 0.4) is 0 Å². The highest BCUT2D eigenvalue weighted by atomic mass is 79.9. The van der Waals surface area contributed by atoms with Gasteiger partial charge in [-0.3, -0.25) is 4.79 Å². The summed E-state index contributed by atoms with van der Waals surface area (Å²) in [6.07, 6.45) is 0. The van der Waals surface area contributed by atoms with E-state index in [1.807, 2.05) is 0 Å². The van der Waals surface area contributed by atoms with Gasteiger partial charge in [0.15, 0.2) is 0 Å². The quantitative estimate of drug-likeness (QED) is 0.908. The minimum Gasteiger partial charge on any atom is -0.496 e. The second-order valence-corrected chi connectivity index (χ2v) is 5.83. The van der Waals surface area contributed by atoms with E-state index in [0.717, 1.165) is 0 Å². The van der Waals surface area contributed by atoms with Crippen molar-refractivity contribution in [1.29, 1.82) is 0 Å². The van der Waals surface area contributed by atoms with Gasteiger partial charge in [0, 0.05) is 11.3 Å². The minimum absolute atomic E-state index is 0.277. The summed E-state index contributed by atoms with van der Waals surface area (Å²) in [5.74, 6) is 0.214. The standard InChI is InChI=1S/C12H12BrNO4S/c1-18-10-3-2-7(4-8(10)13)11(15)14-6-19-5-9(14)12(16)17/h2-4,9H,5-6H2,1H3,(H,16,17). The zero-order chi connectivity index (χ0) is 14.0. The normalized spacial score (nSPS) is 18.4. The highest BCUT2D eigenvalue weighted by molar-refractivity contribution is 9.10. The third-order valence-electron chi connectivity index (χ3n) is 2.83. The van der Waals surface area contributed by atoms with E-state index in [9.17, 15) is 9.59 Å². The lowest BCUT2D eigenvalue weighted by Gasteiger charge is -2.20. The number of benzene rings is 1. The van der Waals surface area contributed by atoms with Gasteiger partial charge in [0.25, 0.3) is 5.91 Å². The summed E-state index contributed by atoms with van der Waals surface area (Å²) in [7, 11) is 1.54. The Morgan fingerprint density at radius 1 is 1.53 bits per heavy atom. The predicted octanol–water partition coefficient (Wildman–Crippen LogP) is 2.06. The number of carbonyl (C=O) groups excluding carboxylic acids is 1. The highest BCUT2D eigenvalue weighted by Gasteiger charge is 2.35. The molecule has 0 aliphatic carbocycles. The molecule has 0 spiro atoms. The summed E-state index contributed by atoms with van der Waals surface area (Å²) >= 11 is 4.75. The summed E-state index contributed by atoms with van der Waals surface area (Å²) in [6, 6.07) is 4.20. The zero-order valence-corrected chi connectivity index (χ0v) is 12.5. The molecule has 5 nitrogen and oxygen atoms in total. The molecule has 1 aliphatic rings. The molecule has 0 aromatic heterocycles. The molecule has 2 rings (SSSR count). The lowest BCUT2D eigenvalue weighted by atomic mass is 10.1. The van der Waals surface area contributed by atoms with Crippen LogP contribution in [0.15, 0.2) is 22.7 Å². The Balaban J connectivity index is 2.24. The summed E-state index contributed by atoms with van der Waals surface area (Å²) in [5, 5.41) is 9.08. The van der Waals surface area contributed by atoms with Gasteiger partial charge in [-0.1, -0.05) is 0 Å². The summed E-state index contributed by atoms with van der Waals surface area (Å²) < 4.78 is 5.76. The maximum atomic E-state index is 12.3. The second kappa shape index (κ2) is 5.83. The molecule has 1 fully saturated rings. The Morgan fingerprint density at radius 2 is 2.26 bits per heavy atom. The second-order valence-electron chi connectivity index (χ2n) is 3.98. The number of thioether (sulfide) groups is 1. The molecule has 1 heterocycles. The number of halogens is 1. The number of ether oxygens (including phenoxy) is 1. The van der Waals surface area contributed by atoms with Crippen molar-refractivity contribution in [2.45, 2.75) is 6.04 Å². The number of carbonyl (C=O) groups is 2. The van der Waals surface area contributed by atoms with Crippen molar-refractivity contribution in [3.05, 3.63) is 28.2 Å². The van der Waals surface area contributed by atoms with Crippen LogP contribution in [0.4, 0.5) is 0 Å². The van der Waals surface area contributed by atoms with E-state index in [0.29, 0.717) is 27.4 Å². The Kier molecular flexibility index (Phi) is 4.36. The van der Waals surface area contributed by atoms with Crippen molar-refractivity contribution in [2.75, 3.05) is 18.7 Å². The Bertz CT molecular complexity index is 522. The number of hydrogen-bond donors (Lipinski definition) is 1. The molecule has 1 unspecified atom stereocenters. The highest BCUT2D eigenvalue weighted by Crippen LogP contribution is 2.28. The fourth-order valence-corrected chi connectivity index (χ4v) is 3.50. The van der Waals surface area contributed by atoms with Gasteiger partial charge in [0.1, 0.15) is 11.8 Å². The average molecular weight is 346 g/mol. The average Bonchev–Trinajstić information content (AvgIpc) is 2.87. The first-order chi connectivity index (χ1) is 9.04. The van der Waals surface area contributed by atoms with Crippen LogP contribution in [-0.2, 0) is 4.79 Å². The van der Waals surface area contributed by atoms with Crippen molar-refractivity contribution in [3.63, 3.8) is 0 Å². The van der Waals surface area contributed by atoms with Gasteiger partial charge in [0.2, 0.25) is 0 Å². The first-order valence-corrected chi connectivity index (χ1v) is 7.44. The molecular formula is C12H12BrNO4S. The zero-order valence-electron chi connectivity index (χ0n) is 10.1. The van der Waals surface area contributed by atoms with Crippen molar-refractivity contribution < 1.29 is 19.4 Å². The Morgan fingerprint density at radius 3 is 2.84 bits per heavy atom. The predicted molar refractivity (Wildman–Crippen MR) is 75.6 cm³/mol. The Labute approximate surface area is 123 Å². The van der Waals surface area contributed by atoms with E-state index in [-0.39, 0.29) is 5.91 Å². The number of nitrogens with zero attached hydrogens (tertiary/aromatic N) is 1. The van der Waals surface area contributed by atoms with E-state index in [4.69, 9.17) is 9.84 Å². The van der Waals surface area contributed by atoms with E-state index >= 15 is 0 Å². The fourth-order valence-electron chi connectivity index (χ4n) is 1.81. The molecule has 1 N–H and O–H groups in total. The number of amides is 1. The van der Waals surface area contributed by atoms with E-state index in [1.165, 1.54) is 16.7 Å². The van der Waals surface area contributed by atoms with E-state index in [1.54, 1.807) is 25.3 Å². The smallest absolute Gasteiger partial charge is 0.327 e. The number of methoxy groups -OCH3 is 1. The van der Waals surface area contributed by atoms with Crippen LogP contribution in [0.25, 0.3) is 0 Å². The Hall–Kier alpha value is -1.21. The van der Waals surface area contributed by atoms with Crippen LogP contribution in [0.5, 0.6) is 5.75 Å². The fraction of sp³-hybridized carbons (Fsp3) is 0.333. The largest absolute Gasteiger partial charge is 0.496 e. The summed E-state index contributed by atoms with van der Waals surface area (Å²) in [4.78, 5) is 24.8. The summed E-state index contributed by atoms with van der Waals surface area (Å²) in [6.45, 7) is 0. The van der Waals surface area contributed by atoms with Gasteiger partial charge in [-0.2, -0.15) is 0 Å². The molecule has 0 radical (unpaired) electrons. The van der Waals surface area contributed by atoms with Crippen LogP contribution in [0, 0.1) is 0 Å². The SMILES string of the molecule is COc1ccc(C(=O)N2CSCC2C(=O)O)cc1Br. The molecule has 1 amide bonds. The molecule has 1 aliphatic heterocycles. The molecule has 7 heteroatoms. The number of hydrogen-bond acceptors (Lipinski definition) is 4. The third kappa shape index (κ3) is 2.87. The molecule has 0 bridgehead atoms. The van der Waals surface area contributed by atoms with E-state index in [2.05, 4.69) is 15.9 Å². The van der Waals surface area contributed by atoms with Crippen LogP contribution in [0.2, 0.25) is 0 Å². The molecule has 1 aromatic rings. The molecule has 0 saturated carbocycles. The molecule has 19 heavy (non-hydrogen) atoms. The number of carboxylic acids is 1. The lowest BCUT2D eigenvalue weighted by molar-refractivity contribution is -0.140. The van der Waals surface area contributed by atoms with Crippen LogP contribution >= 0.6 is 27.7 Å². The first kappa shape index (κ1) is 14.2. The van der Waals surface area contributed by atoms with Gasteiger partial charge in [-0.15, -0.1) is 11.8 Å². The minimum atomic E-state index is -0.967. The van der Waals surface area contributed by atoms with Gasteiger partial charge in [-0.25, -0.2) is 4.79 Å². The van der Waals surface area contributed by atoms with Gasteiger partial charge >= 0.3 is 5.97 Å². The molecule has 1 saturated heterocycles. The van der Waals surface area contributed by atoms with E-state index < -0.39 is 12.0 Å². The van der Waals surface area contributed by atoms with Gasteiger partial charge in [-0.05, 0) is 34.1 Å². The van der Waals surface area contributed by atoms with Gasteiger partial charge < -0.3 is 14.7 Å². The third-order valence-corrected chi connectivity index (χ3v) is 4.46. The van der Waals surface area contributed by atoms with Gasteiger partial charge in [0.05, 0.1) is 17.5 Å².